The summed E-state index contributed by atoms with van der Waals surface area (Å²) in [5.74, 6) is 0. The van der Waals surface area contributed by atoms with Crippen LogP contribution in [-0.2, 0) is 0 Å². The van der Waals surface area contributed by atoms with E-state index in [0.717, 1.165) is 14.2 Å². The van der Waals surface area contributed by atoms with Gasteiger partial charge in [0, 0.05) is 10.4 Å². The molecule has 0 saturated heterocycles. The van der Waals surface area contributed by atoms with E-state index in [1.54, 1.807) is 18.2 Å². The zero-order chi connectivity index (χ0) is 12.6. The van der Waals surface area contributed by atoms with E-state index >= 15 is 0 Å². The Hall–Kier alpha value is -0.0600. The molecule has 0 aliphatic carbocycles. The molecule has 1 nitrogen and oxygen atoms in total. The molecule has 5 heteroatoms. The minimum Gasteiger partial charge on any atom is -0.383 e. The summed E-state index contributed by atoms with van der Waals surface area (Å²) in [5.41, 5.74) is 1.73. The molecule has 0 aliphatic heterocycles. The Kier molecular flexibility index (Phi) is 4.16. The lowest BCUT2D eigenvalue weighted by atomic mass is 10.1. The fourth-order valence-corrected chi connectivity index (χ4v) is 3.49. The summed E-state index contributed by atoms with van der Waals surface area (Å²) in [7, 11) is 0. The molecule has 1 atom stereocenters. The lowest BCUT2D eigenvalue weighted by molar-refractivity contribution is 0.224. The Bertz CT molecular complexity index is 534. The third kappa shape index (κ3) is 2.69. The van der Waals surface area contributed by atoms with Gasteiger partial charge >= 0.3 is 0 Å². The third-order valence-corrected chi connectivity index (χ3v) is 5.44. The van der Waals surface area contributed by atoms with Gasteiger partial charge in [0.2, 0.25) is 0 Å². The van der Waals surface area contributed by atoms with E-state index in [0.29, 0.717) is 15.6 Å². The van der Waals surface area contributed by atoms with Gasteiger partial charge in [-0.2, -0.15) is 0 Å². The second-order valence-corrected chi connectivity index (χ2v) is 6.84. The standard InChI is InChI=1S/C12H9BrCl2OS/c1-6-5-9(17-12(6)13)11(16)7-3-2-4-8(14)10(7)15/h2-5,11,16H,1H3. The van der Waals surface area contributed by atoms with Crippen LogP contribution in [0.1, 0.15) is 22.1 Å². The number of aliphatic hydroxyl groups is 1. The van der Waals surface area contributed by atoms with E-state index in [-0.39, 0.29) is 0 Å². The number of aliphatic hydroxyl groups excluding tert-OH is 1. The monoisotopic (exact) mass is 350 g/mol. The van der Waals surface area contributed by atoms with Gasteiger partial charge in [-0.3, -0.25) is 0 Å². The molecule has 90 valence electrons. The molecule has 1 aromatic heterocycles. The second-order valence-electron chi connectivity index (χ2n) is 3.65. The first-order valence-corrected chi connectivity index (χ1v) is 7.25. The molecule has 0 radical (unpaired) electrons. The van der Waals surface area contributed by atoms with Gasteiger partial charge in [-0.1, -0.05) is 35.3 Å². The smallest absolute Gasteiger partial charge is 0.115 e. The summed E-state index contributed by atoms with van der Waals surface area (Å²) in [5, 5.41) is 11.1. The molecule has 17 heavy (non-hydrogen) atoms. The molecule has 2 aromatic rings. The zero-order valence-corrected chi connectivity index (χ0v) is 12.8. The Morgan fingerprint density at radius 2 is 2.06 bits per heavy atom. The van der Waals surface area contributed by atoms with Crippen molar-refractivity contribution >= 4 is 50.5 Å². The van der Waals surface area contributed by atoms with Gasteiger partial charge in [0.25, 0.3) is 0 Å². The molecule has 2 rings (SSSR count). The van der Waals surface area contributed by atoms with Crippen LogP contribution in [0.15, 0.2) is 28.1 Å². The first-order chi connectivity index (χ1) is 8.00. The lowest BCUT2D eigenvalue weighted by Crippen LogP contribution is -1.98. The largest absolute Gasteiger partial charge is 0.383 e. The summed E-state index contributed by atoms with van der Waals surface area (Å²) >= 11 is 17.0. The molecule has 0 saturated carbocycles. The number of hydrogen-bond donors (Lipinski definition) is 1. The minimum atomic E-state index is -0.740. The van der Waals surface area contributed by atoms with Crippen LogP contribution in [0.3, 0.4) is 0 Å². The maximum Gasteiger partial charge on any atom is 0.115 e. The highest BCUT2D eigenvalue weighted by molar-refractivity contribution is 9.11. The Morgan fingerprint density at radius 3 is 2.65 bits per heavy atom. The maximum absolute atomic E-state index is 10.3. The maximum atomic E-state index is 10.3. The number of hydrogen-bond acceptors (Lipinski definition) is 2. The number of thiophene rings is 1. The minimum absolute atomic E-state index is 0.406. The molecule has 0 spiro atoms. The van der Waals surface area contributed by atoms with E-state index in [1.807, 2.05) is 13.0 Å². The highest BCUT2D eigenvalue weighted by Gasteiger charge is 2.18. The zero-order valence-electron chi connectivity index (χ0n) is 8.88. The fraction of sp³-hybridized carbons (Fsp3) is 0.167. The van der Waals surface area contributed by atoms with Gasteiger partial charge in [-0.15, -0.1) is 11.3 Å². The van der Waals surface area contributed by atoms with Crippen molar-refractivity contribution in [3.8, 4) is 0 Å². The highest BCUT2D eigenvalue weighted by atomic mass is 79.9. The van der Waals surface area contributed by atoms with E-state index in [4.69, 9.17) is 23.2 Å². The van der Waals surface area contributed by atoms with Crippen LogP contribution >= 0.6 is 50.5 Å². The molecule has 0 bridgehead atoms. The SMILES string of the molecule is Cc1cc(C(O)c2cccc(Cl)c2Cl)sc1Br. The molecule has 1 unspecified atom stereocenters. The number of aryl methyl sites for hydroxylation is 1. The Balaban J connectivity index is 2.43. The quantitative estimate of drug-likeness (QED) is 0.787. The van der Waals surface area contributed by atoms with E-state index < -0.39 is 6.10 Å². The normalized spacial score (nSPS) is 12.8. The van der Waals surface area contributed by atoms with Crippen molar-refractivity contribution < 1.29 is 5.11 Å². The highest BCUT2D eigenvalue weighted by Crippen LogP contribution is 2.38. The Labute approximate surface area is 122 Å². The topological polar surface area (TPSA) is 20.2 Å². The van der Waals surface area contributed by atoms with Crippen molar-refractivity contribution in [3.63, 3.8) is 0 Å². The van der Waals surface area contributed by atoms with Crippen molar-refractivity contribution in [2.75, 3.05) is 0 Å². The number of benzene rings is 1. The van der Waals surface area contributed by atoms with Crippen LogP contribution in [0, 0.1) is 6.92 Å². The summed E-state index contributed by atoms with van der Waals surface area (Å²) in [6.45, 7) is 1.98. The van der Waals surface area contributed by atoms with Gasteiger partial charge in [0.15, 0.2) is 0 Å². The predicted molar refractivity (Wildman–Crippen MR) is 77.3 cm³/mol. The number of halogens is 3. The molecular formula is C12H9BrCl2OS. The third-order valence-electron chi connectivity index (χ3n) is 2.42. The summed E-state index contributed by atoms with van der Waals surface area (Å²) in [6.07, 6.45) is -0.740. The van der Waals surface area contributed by atoms with Gasteiger partial charge in [0.1, 0.15) is 6.10 Å². The van der Waals surface area contributed by atoms with Gasteiger partial charge in [-0.25, -0.2) is 0 Å². The van der Waals surface area contributed by atoms with Crippen LogP contribution < -0.4 is 0 Å². The summed E-state index contributed by atoms with van der Waals surface area (Å²) < 4.78 is 1.02. The lowest BCUT2D eigenvalue weighted by Gasteiger charge is -2.11. The molecular weight excluding hydrogens is 343 g/mol. The van der Waals surface area contributed by atoms with Gasteiger partial charge in [0.05, 0.1) is 13.8 Å². The molecule has 1 N–H and O–H groups in total. The average molecular weight is 352 g/mol. The summed E-state index contributed by atoms with van der Waals surface area (Å²) in [4.78, 5) is 0.846. The molecule has 0 fully saturated rings. The summed E-state index contributed by atoms with van der Waals surface area (Å²) in [6, 6.07) is 7.20. The molecule has 0 aliphatic rings. The van der Waals surface area contributed by atoms with Crippen LogP contribution in [-0.4, -0.2) is 5.11 Å². The van der Waals surface area contributed by atoms with Crippen LogP contribution in [0.5, 0.6) is 0 Å². The predicted octanol–water partition coefficient (Wildman–Crippen LogP) is 5.21. The van der Waals surface area contributed by atoms with Gasteiger partial charge in [-0.05, 0) is 40.5 Å². The molecule has 0 amide bonds. The van der Waals surface area contributed by atoms with Crippen molar-refractivity contribution in [2.24, 2.45) is 0 Å². The van der Waals surface area contributed by atoms with Crippen molar-refractivity contribution in [2.45, 2.75) is 13.0 Å². The fourth-order valence-electron chi connectivity index (χ4n) is 1.50. The van der Waals surface area contributed by atoms with Gasteiger partial charge < -0.3 is 5.11 Å². The van der Waals surface area contributed by atoms with E-state index in [9.17, 15) is 5.11 Å². The van der Waals surface area contributed by atoms with Crippen LogP contribution in [0.4, 0.5) is 0 Å². The van der Waals surface area contributed by atoms with Crippen LogP contribution in [0.2, 0.25) is 10.0 Å². The second kappa shape index (κ2) is 5.29. The average Bonchev–Trinajstić information content (AvgIpc) is 2.62. The van der Waals surface area contributed by atoms with Crippen molar-refractivity contribution in [1.82, 2.24) is 0 Å². The van der Waals surface area contributed by atoms with E-state index in [2.05, 4.69) is 15.9 Å². The first-order valence-electron chi connectivity index (χ1n) is 4.88. The molecule has 1 aromatic carbocycles. The Morgan fingerprint density at radius 1 is 1.35 bits per heavy atom. The first kappa shape index (κ1) is 13.4. The van der Waals surface area contributed by atoms with Crippen LogP contribution in [0.25, 0.3) is 0 Å². The van der Waals surface area contributed by atoms with Crippen molar-refractivity contribution in [1.29, 1.82) is 0 Å². The van der Waals surface area contributed by atoms with E-state index in [1.165, 1.54) is 11.3 Å². The van der Waals surface area contributed by atoms with Crippen molar-refractivity contribution in [3.05, 3.63) is 54.1 Å². The number of rotatable bonds is 2. The molecule has 1 heterocycles.